The molecule has 0 atom stereocenters. The van der Waals surface area contributed by atoms with Gasteiger partial charge in [0.2, 0.25) is 0 Å². The fourth-order valence-corrected chi connectivity index (χ4v) is 3.08. The van der Waals surface area contributed by atoms with Crippen LogP contribution in [0.3, 0.4) is 0 Å². The Morgan fingerprint density at radius 1 is 1.07 bits per heavy atom. The van der Waals surface area contributed by atoms with Gasteiger partial charge in [-0.05, 0) is 57.4 Å². The van der Waals surface area contributed by atoms with E-state index in [0.717, 1.165) is 10.0 Å². The Labute approximate surface area is 183 Å². The number of carbonyl (C=O) groups is 1. The highest BCUT2D eigenvalue weighted by atomic mass is 79.9. The van der Waals surface area contributed by atoms with Crippen LogP contribution in [0, 0.1) is 11.3 Å². The summed E-state index contributed by atoms with van der Waals surface area (Å²) in [6, 6.07) is 24.2. The van der Waals surface area contributed by atoms with Crippen molar-refractivity contribution < 1.29 is 14.3 Å². The lowest BCUT2D eigenvalue weighted by molar-refractivity contribution is -0.112. The summed E-state index contributed by atoms with van der Waals surface area (Å²) in [6.07, 6.45) is 1.51. The molecule has 0 spiro atoms. The standard InChI is InChI=1S/C24H19BrN2O3/c1-29-23-14-18(11-12-22(23)30-16-17-7-3-2-4-8-17)13-19(15-26)24(28)27-21-10-6-5-9-20(21)25/h2-14H,16H2,1H3,(H,27,28)/b19-13+. The molecule has 5 nitrogen and oxygen atoms in total. The normalized spacial score (nSPS) is 10.8. The molecule has 3 aromatic carbocycles. The molecule has 0 heterocycles. The summed E-state index contributed by atoms with van der Waals surface area (Å²) in [5.74, 6) is 0.602. The molecule has 3 aromatic rings. The number of nitriles is 1. The van der Waals surface area contributed by atoms with Gasteiger partial charge in [-0.3, -0.25) is 4.79 Å². The Balaban J connectivity index is 1.76. The first-order valence-electron chi connectivity index (χ1n) is 9.13. The summed E-state index contributed by atoms with van der Waals surface area (Å²) in [6.45, 7) is 0.407. The number of amides is 1. The van der Waals surface area contributed by atoms with Gasteiger partial charge in [0.1, 0.15) is 18.2 Å². The molecule has 0 radical (unpaired) electrons. The molecule has 1 N–H and O–H groups in total. The SMILES string of the molecule is COc1cc(/C=C(\C#N)C(=O)Nc2ccccc2Br)ccc1OCc1ccccc1. The van der Waals surface area contributed by atoms with Crippen LogP contribution in [-0.4, -0.2) is 13.0 Å². The van der Waals surface area contributed by atoms with E-state index < -0.39 is 5.91 Å². The molecule has 0 aliphatic rings. The van der Waals surface area contributed by atoms with E-state index in [1.165, 1.54) is 6.08 Å². The maximum absolute atomic E-state index is 12.5. The first-order chi connectivity index (χ1) is 14.6. The lowest BCUT2D eigenvalue weighted by Gasteiger charge is -2.12. The fourth-order valence-electron chi connectivity index (χ4n) is 2.70. The molecule has 6 heteroatoms. The molecule has 1 amide bonds. The number of hydrogen-bond acceptors (Lipinski definition) is 4. The van der Waals surface area contributed by atoms with E-state index in [0.29, 0.717) is 29.4 Å². The lowest BCUT2D eigenvalue weighted by Crippen LogP contribution is -2.13. The van der Waals surface area contributed by atoms with Gasteiger partial charge in [0.15, 0.2) is 11.5 Å². The van der Waals surface area contributed by atoms with Gasteiger partial charge in [-0.2, -0.15) is 5.26 Å². The monoisotopic (exact) mass is 462 g/mol. The van der Waals surface area contributed by atoms with E-state index in [4.69, 9.17) is 9.47 Å². The number of ether oxygens (including phenoxy) is 2. The predicted octanol–water partition coefficient (Wildman–Crippen LogP) is 5.58. The number of para-hydroxylation sites is 1. The van der Waals surface area contributed by atoms with Crippen molar-refractivity contribution in [2.75, 3.05) is 12.4 Å². The number of nitrogens with zero attached hydrogens (tertiary/aromatic N) is 1. The molecule has 0 aliphatic carbocycles. The fraction of sp³-hybridized carbons (Fsp3) is 0.0833. The molecule has 3 rings (SSSR count). The van der Waals surface area contributed by atoms with Crippen LogP contribution in [0.1, 0.15) is 11.1 Å². The molecule has 0 unspecified atom stereocenters. The van der Waals surface area contributed by atoms with E-state index in [-0.39, 0.29) is 5.57 Å². The maximum Gasteiger partial charge on any atom is 0.266 e. The number of carbonyl (C=O) groups excluding carboxylic acids is 1. The van der Waals surface area contributed by atoms with Crippen LogP contribution in [0.2, 0.25) is 0 Å². The second kappa shape index (κ2) is 10.3. The zero-order chi connectivity index (χ0) is 21.3. The molecule has 0 saturated heterocycles. The average molecular weight is 463 g/mol. The highest BCUT2D eigenvalue weighted by Gasteiger charge is 2.12. The van der Waals surface area contributed by atoms with Crippen molar-refractivity contribution >= 4 is 33.6 Å². The second-order valence-corrected chi connectivity index (χ2v) is 7.14. The van der Waals surface area contributed by atoms with Crippen molar-refractivity contribution in [3.05, 3.63) is 94.0 Å². The van der Waals surface area contributed by atoms with Gasteiger partial charge in [0.25, 0.3) is 5.91 Å². The Hall–Kier alpha value is -3.56. The van der Waals surface area contributed by atoms with Crippen LogP contribution in [0.4, 0.5) is 5.69 Å². The lowest BCUT2D eigenvalue weighted by atomic mass is 10.1. The quantitative estimate of drug-likeness (QED) is 0.367. The zero-order valence-electron chi connectivity index (χ0n) is 16.3. The molecule has 0 aliphatic heterocycles. The molecule has 0 fully saturated rings. The summed E-state index contributed by atoms with van der Waals surface area (Å²) >= 11 is 3.37. The van der Waals surface area contributed by atoms with Gasteiger partial charge < -0.3 is 14.8 Å². The van der Waals surface area contributed by atoms with Crippen molar-refractivity contribution in [3.63, 3.8) is 0 Å². The summed E-state index contributed by atoms with van der Waals surface area (Å²) in [4.78, 5) is 12.5. The highest BCUT2D eigenvalue weighted by Crippen LogP contribution is 2.30. The Bertz CT molecular complexity index is 1100. The molecule has 150 valence electrons. The molecule has 0 saturated carbocycles. The summed E-state index contributed by atoms with van der Waals surface area (Å²) in [7, 11) is 1.54. The summed E-state index contributed by atoms with van der Waals surface area (Å²) in [5, 5.41) is 12.2. The largest absolute Gasteiger partial charge is 0.493 e. The van der Waals surface area contributed by atoms with Crippen LogP contribution in [0.25, 0.3) is 6.08 Å². The molecule has 0 bridgehead atoms. The average Bonchev–Trinajstić information content (AvgIpc) is 2.78. The predicted molar refractivity (Wildman–Crippen MR) is 120 cm³/mol. The third kappa shape index (κ3) is 5.49. The third-order valence-corrected chi connectivity index (χ3v) is 4.91. The van der Waals surface area contributed by atoms with E-state index in [1.807, 2.05) is 48.5 Å². The summed E-state index contributed by atoms with van der Waals surface area (Å²) in [5.41, 5.74) is 2.26. The van der Waals surface area contributed by atoms with Crippen LogP contribution in [0.15, 0.2) is 82.8 Å². The minimum absolute atomic E-state index is 0.0224. The van der Waals surface area contributed by atoms with Gasteiger partial charge >= 0.3 is 0 Å². The Morgan fingerprint density at radius 3 is 2.50 bits per heavy atom. The number of benzene rings is 3. The summed E-state index contributed by atoms with van der Waals surface area (Å²) < 4.78 is 12.0. The first-order valence-corrected chi connectivity index (χ1v) is 9.92. The van der Waals surface area contributed by atoms with Gasteiger partial charge in [-0.1, -0.05) is 48.5 Å². The van der Waals surface area contributed by atoms with Crippen LogP contribution < -0.4 is 14.8 Å². The van der Waals surface area contributed by atoms with Gasteiger partial charge in [-0.15, -0.1) is 0 Å². The molecular formula is C24H19BrN2O3. The van der Waals surface area contributed by atoms with Crippen LogP contribution >= 0.6 is 15.9 Å². The van der Waals surface area contributed by atoms with Gasteiger partial charge in [-0.25, -0.2) is 0 Å². The molecule has 30 heavy (non-hydrogen) atoms. The number of anilines is 1. The maximum atomic E-state index is 12.5. The number of nitrogens with one attached hydrogen (secondary N) is 1. The van der Waals surface area contributed by atoms with Crippen molar-refractivity contribution in [1.29, 1.82) is 5.26 Å². The van der Waals surface area contributed by atoms with Crippen LogP contribution in [0.5, 0.6) is 11.5 Å². The minimum Gasteiger partial charge on any atom is -0.493 e. The highest BCUT2D eigenvalue weighted by molar-refractivity contribution is 9.10. The van der Waals surface area contributed by atoms with Gasteiger partial charge in [0, 0.05) is 4.47 Å². The van der Waals surface area contributed by atoms with E-state index in [2.05, 4.69) is 21.2 Å². The molecular weight excluding hydrogens is 444 g/mol. The van der Waals surface area contributed by atoms with E-state index >= 15 is 0 Å². The van der Waals surface area contributed by atoms with Crippen molar-refractivity contribution in [2.24, 2.45) is 0 Å². The zero-order valence-corrected chi connectivity index (χ0v) is 17.8. The number of hydrogen-bond donors (Lipinski definition) is 1. The number of halogens is 1. The van der Waals surface area contributed by atoms with Crippen molar-refractivity contribution in [2.45, 2.75) is 6.61 Å². The topological polar surface area (TPSA) is 71.3 Å². The smallest absolute Gasteiger partial charge is 0.266 e. The van der Waals surface area contributed by atoms with Gasteiger partial charge in [0.05, 0.1) is 12.8 Å². The first kappa shape index (κ1) is 21.2. The molecule has 0 aromatic heterocycles. The third-order valence-electron chi connectivity index (χ3n) is 4.22. The van der Waals surface area contributed by atoms with Crippen molar-refractivity contribution in [1.82, 2.24) is 0 Å². The van der Waals surface area contributed by atoms with E-state index in [9.17, 15) is 10.1 Å². The number of rotatable bonds is 7. The van der Waals surface area contributed by atoms with E-state index in [1.54, 1.807) is 37.4 Å². The van der Waals surface area contributed by atoms with Crippen LogP contribution in [-0.2, 0) is 11.4 Å². The van der Waals surface area contributed by atoms with Crippen molar-refractivity contribution in [3.8, 4) is 17.6 Å². The Morgan fingerprint density at radius 2 is 1.80 bits per heavy atom. The second-order valence-electron chi connectivity index (χ2n) is 6.29. The Kier molecular flexibility index (Phi) is 7.25. The minimum atomic E-state index is -0.493. The number of methoxy groups -OCH3 is 1.